The molecule has 1 aromatic carbocycles. The first-order chi connectivity index (χ1) is 10.2. The highest BCUT2D eigenvalue weighted by Gasteiger charge is 2.16. The quantitative estimate of drug-likeness (QED) is 0.754. The lowest BCUT2D eigenvalue weighted by molar-refractivity contribution is 0.0525. The predicted molar refractivity (Wildman–Crippen MR) is 81.1 cm³/mol. The van der Waals surface area contributed by atoms with Crippen LogP contribution in [-0.2, 0) is 4.74 Å². The van der Waals surface area contributed by atoms with Gasteiger partial charge in [0.05, 0.1) is 6.61 Å². The molecular weight excluding hydrogens is 288 g/mol. The van der Waals surface area contributed by atoms with E-state index in [1.165, 1.54) is 0 Å². The summed E-state index contributed by atoms with van der Waals surface area (Å²) in [6.45, 7) is 6.34. The smallest absolute Gasteiger partial charge is 0.369 e. The van der Waals surface area contributed by atoms with Crippen LogP contribution in [0.2, 0.25) is 0 Å². The number of hydrogen-bond donors (Lipinski definition) is 0. The van der Waals surface area contributed by atoms with Crippen molar-refractivity contribution in [3.05, 3.63) is 34.8 Å². The molecule has 0 saturated carbocycles. The number of para-hydroxylation sites is 1. The van der Waals surface area contributed by atoms with Crippen molar-refractivity contribution >= 4 is 17.3 Å². The number of carbonyl (C=O) groups excluding carboxylic acids is 1. The third-order valence-corrected chi connectivity index (χ3v) is 3.90. The molecular formula is C15H18N2O3S. The van der Waals surface area contributed by atoms with Crippen molar-refractivity contribution in [1.29, 1.82) is 0 Å². The highest BCUT2D eigenvalue weighted by Crippen LogP contribution is 2.33. The second-order valence-corrected chi connectivity index (χ2v) is 5.48. The first-order valence-corrected chi connectivity index (χ1v) is 7.74. The number of benzene rings is 1. The Kier molecular flexibility index (Phi) is 5.27. The molecule has 2 rings (SSSR count). The van der Waals surface area contributed by atoms with Gasteiger partial charge in [0.1, 0.15) is 5.75 Å². The van der Waals surface area contributed by atoms with Crippen molar-refractivity contribution < 1.29 is 14.3 Å². The van der Waals surface area contributed by atoms with Gasteiger partial charge in [-0.25, -0.2) is 4.79 Å². The molecule has 0 fully saturated rings. The standard InChI is InChI=1S/C15H18N2O3S/c1-4-10(3)11-8-6-7-9-12(11)20-15-17-16-13(21-15)14(18)19-5-2/h6-10H,4-5H2,1-3H3. The van der Waals surface area contributed by atoms with E-state index in [0.717, 1.165) is 29.1 Å². The first-order valence-electron chi connectivity index (χ1n) is 6.93. The van der Waals surface area contributed by atoms with E-state index in [9.17, 15) is 4.79 Å². The summed E-state index contributed by atoms with van der Waals surface area (Å²) in [6.07, 6.45) is 1.02. The topological polar surface area (TPSA) is 61.3 Å². The number of rotatable bonds is 6. The normalized spacial score (nSPS) is 12.0. The molecule has 5 nitrogen and oxygen atoms in total. The fourth-order valence-corrected chi connectivity index (χ4v) is 2.42. The van der Waals surface area contributed by atoms with E-state index < -0.39 is 5.97 Å². The number of ether oxygens (including phenoxy) is 2. The Bertz CT molecular complexity index is 612. The molecule has 0 spiro atoms. The Morgan fingerprint density at radius 1 is 1.29 bits per heavy atom. The molecule has 6 heteroatoms. The molecule has 2 aromatic rings. The first kappa shape index (κ1) is 15.4. The molecule has 112 valence electrons. The predicted octanol–water partition coefficient (Wildman–Crippen LogP) is 4.02. The van der Waals surface area contributed by atoms with Crippen molar-refractivity contribution in [2.45, 2.75) is 33.1 Å². The minimum atomic E-state index is -0.472. The van der Waals surface area contributed by atoms with Gasteiger partial charge >= 0.3 is 5.97 Å². The summed E-state index contributed by atoms with van der Waals surface area (Å²) in [5, 5.41) is 8.22. The van der Waals surface area contributed by atoms with Gasteiger partial charge in [-0.3, -0.25) is 0 Å². The fraction of sp³-hybridized carbons (Fsp3) is 0.400. The summed E-state index contributed by atoms with van der Waals surface area (Å²) in [5.41, 5.74) is 1.12. The van der Waals surface area contributed by atoms with Crippen molar-refractivity contribution in [3.63, 3.8) is 0 Å². The molecule has 1 atom stereocenters. The Morgan fingerprint density at radius 3 is 2.76 bits per heavy atom. The lowest BCUT2D eigenvalue weighted by Gasteiger charge is -2.13. The van der Waals surface area contributed by atoms with E-state index >= 15 is 0 Å². The molecule has 21 heavy (non-hydrogen) atoms. The molecule has 1 unspecified atom stereocenters. The van der Waals surface area contributed by atoms with Crippen molar-refractivity contribution in [1.82, 2.24) is 10.2 Å². The van der Waals surface area contributed by atoms with Crippen molar-refractivity contribution in [3.8, 4) is 10.9 Å². The molecule has 0 N–H and O–H groups in total. The van der Waals surface area contributed by atoms with E-state index in [1.54, 1.807) is 6.92 Å². The fourth-order valence-electron chi connectivity index (χ4n) is 1.82. The van der Waals surface area contributed by atoms with Gasteiger partial charge in [-0.15, -0.1) is 5.10 Å². The zero-order valence-corrected chi connectivity index (χ0v) is 13.1. The Balaban J connectivity index is 2.17. The minimum absolute atomic E-state index is 0.202. The van der Waals surface area contributed by atoms with Crippen LogP contribution in [0.15, 0.2) is 24.3 Å². The zero-order chi connectivity index (χ0) is 15.2. The van der Waals surface area contributed by atoms with Gasteiger partial charge in [-0.05, 0) is 42.2 Å². The van der Waals surface area contributed by atoms with Crippen molar-refractivity contribution in [2.75, 3.05) is 6.61 Å². The summed E-state index contributed by atoms with van der Waals surface area (Å²) in [4.78, 5) is 11.6. The van der Waals surface area contributed by atoms with Crippen LogP contribution in [0, 0.1) is 0 Å². The summed E-state index contributed by atoms with van der Waals surface area (Å²) in [6, 6.07) is 7.83. The lowest BCUT2D eigenvalue weighted by Crippen LogP contribution is -2.03. The molecule has 0 saturated heterocycles. The van der Waals surface area contributed by atoms with Gasteiger partial charge in [0.2, 0.25) is 5.01 Å². The van der Waals surface area contributed by atoms with E-state index in [4.69, 9.17) is 9.47 Å². The molecule has 0 aliphatic carbocycles. The van der Waals surface area contributed by atoms with Gasteiger partial charge < -0.3 is 9.47 Å². The second kappa shape index (κ2) is 7.17. The molecule has 1 heterocycles. The number of carbonyl (C=O) groups is 1. The lowest BCUT2D eigenvalue weighted by atomic mass is 9.98. The SMILES string of the molecule is CCOC(=O)c1nnc(Oc2ccccc2C(C)CC)s1. The van der Waals surface area contributed by atoms with E-state index in [-0.39, 0.29) is 5.01 Å². The second-order valence-electron chi connectivity index (χ2n) is 4.54. The summed E-state index contributed by atoms with van der Waals surface area (Å²) >= 11 is 1.08. The van der Waals surface area contributed by atoms with Crippen molar-refractivity contribution in [2.24, 2.45) is 0 Å². The third-order valence-electron chi connectivity index (χ3n) is 3.12. The van der Waals surface area contributed by atoms with Crippen LogP contribution in [-0.4, -0.2) is 22.8 Å². The number of esters is 1. The maximum atomic E-state index is 11.6. The van der Waals surface area contributed by atoms with Gasteiger partial charge in [-0.1, -0.05) is 37.1 Å². The monoisotopic (exact) mass is 306 g/mol. The summed E-state index contributed by atoms with van der Waals surface area (Å²) < 4.78 is 10.7. The maximum Gasteiger partial charge on any atom is 0.369 e. The van der Waals surface area contributed by atoms with Crippen LogP contribution in [0.25, 0.3) is 0 Å². The van der Waals surface area contributed by atoms with Gasteiger partial charge in [-0.2, -0.15) is 0 Å². The van der Waals surface area contributed by atoms with E-state index in [1.807, 2.05) is 24.3 Å². The average molecular weight is 306 g/mol. The Morgan fingerprint density at radius 2 is 2.05 bits per heavy atom. The Labute approximate surface area is 127 Å². The molecule has 0 amide bonds. The average Bonchev–Trinajstić information content (AvgIpc) is 2.96. The van der Waals surface area contributed by atoms with Crippen LogP contribution < -0.4 is 4.74 Å². The van der Waals surface area contributed by atoms with E-state index in [0.29, 0.717) is 17.7 Å². The minimum Gasteiger partial charge on any atom is -0.461 e. The maximum absolute atomic E-state index is 11.6. The van der Waals surface area contributed by atoms with Gasteiger partial charge in [0.15, 0.2) is 0 Å². The highest BCUT2D eigenvalue weighted by atomic mass is 32.1. The van der Waals surface area contributed by atoms with E-state index in [2.05, 4.69) is 24.0 Å². The van der Waals surface area contributed by atoms with Crippen LogP contribution in [0.3, 0.4) is 0 Å². The highest BCUT2D eigenvalue weighted by molar-refractivity contribution is 7.14. The zero-order valence-electron chi connectivity index (χ0n) is 12.3. The largest absolute Gasteiger partial charge is 0.461 e. The van der Waals surface area contributed by atoms with Gasteiger partial charge in [0.25, 0.3) is 5.19 Å². The third kappa shape index (κ3) is 3.78. The molecule has 0 bridgehead atoms. The van der Waals surface area contributed by atoms with Crippen LogP contribution in [0.1, 0.15) is 48.5 Å². The van der Waals surface area contributed by atoms with Gasteiger partial charge in [0, 0.05) is 0 Å². The van der Waals surface area contributed by atoms with Crippen LogP contribution in [0.4, 0.5) is 0 Å². The van der Waals surface area contributed by atoms with Crippen LogP contribution in [0.5, 0.6) is 10.9 Å². The van der Waals surface area contributed by atoms with Crippen LogP contribution >= 0.6 is 11.3 Å². The molecule has 0 aliphatic rings. The summed E-state index contributed by atoms with van der Waals surface area (Å²) in [7, 11) is 0. The number of nitrogens with zero attached hydrogens (tertiary/aromatic N) is 2. The molecule has 0 aliphatic heterocycles. The number of hydrogen-bond acceptors (Lipinski definition) is 6. The Hall–Kier alpha value is -1.95. The molecule has 1 aromatic heterocycles. The summed E-state index contributed by atoms with van der Waals surface area (Å²) in [5.74, 6) is 0.664. The molecule has 0 radical (unpaired) electrons. The number of aromatic nitrogens is 2.